The van der Waals surface area contributed by atoms with Crippen molar-refractivity contribution >= 4 is 11.4 Å². The normalized spacial score (nSPS) is 17.4. The molecule has 1 aliphatic heterocycles. The summed E-state index contributed by atoms with van der Waals surface area (Å²) in [6, 6.07) is 11.6. The van der Waals surface area contributed by atoms with Crippen LogP contribution >= 0.6 is 0 Å². The summed E-state index contributed by atoms with van der Waals surface area (Å²) in [5, 5.41) is 12.5. The number of nitrogens with one attached hydrogen (secondary N) is 1. The number of furan rings is 1. The van der Waals surface area contributed by atoms with Gasteiger partial charge >= 0.3 is 0 Å². The number of pyridine rings is 1. The minimum Gasteiger partial charge on any atom is -0.467 e. The molecule has 1 fully saturated rings. The second-order valence-electron chi connectivity index (χ2n) is 6.56. The maximum atomic E-state index is 12.6. The van der Waals surface area contributed by atoms with Gasteiger partial charge in [0.15, 0.2) is 0 Å². The van der Waals surface area contributed by atoms with E-state index in [1.54, 1.807) is 6.26 Å². The lowest BCUT2D eigenvalue weighted by Gasteiger charge is -2.23. The highest BCUT2D eigenvalue weighted by molar-refractivity contribution is 5.82. The lowest BCUT2D eigenvalue weighted by molar-refractivity contribution is -0.125. The number of carbonyl (C=O) groups excluding carboxylic acids is 1. The highest BCUT2D eigenvalue weighted by Crippen LogP contribution is 2.24. The average Bonchev–Trinajstić information content (AvgIpc) is 3.39. The molecule has 1 saturated heterocycles. The summed E-state index contributed by atoms with van der Waals surface area (Å²) in [6.07, 6.45) is 7.35. The van der Waals surface area contributed by atoms with Gasteiger partial charge in [0.25, 0.3) is 0 Å². The topological polar surface area (TPSA) is 73.7 Å². The van der Waals surface area contributed by atoms with E-state index in [2.05, 4.69) is 16.3 Å². The summed E-state index contributed by atoms with van der Waals surface area (Å²) in [5.41, 5.74) is 2.56. The third kappa shape index (κ3) is 3.09. The molecule has 3 aromatic rings. The summed E-state index contributed by atoms with van der Waals surface area (Å²) < 4.78 is 7.23. The number of nitrogens with zero attached hydrogens (tertiary/aromatic N) is 3. The fraction of sp³-hybridized carbons (Fsp3) is 0.300. The molecule has 0 spiro atoms. The molecular weight excluding hydrogens is 328 g/mol. The number of likely N-dealkylation sites (tertiary alicyclic amines) is 1. The molecule has 0 aliphatic carbocycles. The number of rotatable bonds is 5. The van der Waals surface area contributed by atoms with E-state index in [9.17, 15) is 10.1 Å². The van der Waals surface area contributed by atoms with Crippen molar-refractivity contribution < 1.29 is 9.21 Å². The molecule has 26 heavy (non-hydrogen) atoms. The number of aromatic nitrogens is 1. The number of hydrogen-bond acceptors (Lipinski definition) is 4. The van der Waals surface area contributed by atoms with Gasteiger partial charge in [0.1, 0.15) is 11.8 Å². The largest absolute Gasteiger partial charge is 0.467 e. The standard InChI is InChI=1S/C20H20N4O2/c21-11-17-15(13-23-8-2-1-6-18(17)23)14-24-9-3-7-19(24)20(25)22-12-16-5-4-10-26-16/h1-2,4-6,8,10,13,19H,3,7,9,12,14H2,(H,22,25)/t19-/m1/s1. The van der Waals surface area contributed by atoms with Crippen molar-refractivity contribution in [2.24, 2.45) is 0 Å². The summed E-state index contributed by atoms with van der Waals surface area (Å²) >= 11 is 0. The first-order chi connectivity index (χ1) is 12.8. The molecule has 1 aliphatic rings. The molecule has 0 saturated carbocycles. The number of hydrogen-bond donors (Lipinski definition) is 1. The Hall–Kier alpha value is -3.04. The summed E-state index contributed by atoms with van der Waals surface area (Å²) in [6.45, 7) is 1.86. The van der Waals surface area contributed by atoms with E-state index in [0.717, 1.165) is 36.2 Å². The highest BCUT2D eigenvalue weighted by atomic mass is 16.3. The molecular formula is C20H20N4O2. The Balaban J connectivity index is 1.49. The minimum atomic E-state index is -0.167. The Morgan fingerprint density at radius 1 is 1.35 bits per heavy atom. The third-order valence-corrected chi connectivity index (χ3v) is 4.93. The molecule has 1 N–H and O–H groups in total. The Morgan fingerprint density at radius 3 is 3.08 bits per heavy atom. The quantitative estimate of drug-likeness (QED) is 0.769. The van der Waals surface area contributed by atoms with Gasteiger partial charge in [-0.3, -0.25) is 9.69 Å². The van der Waals surface area contributed by atoms with Crippen molar-refractivity contribution in [3.05, 3.63) is 65.9 Å². The van der Waals surface area contributed by atoms with Crippen LogP contribution in [0.25, 0.3) is 5.52 Å². The van der Waals surface area contributed by atoms with Crippen LogP contribution in [0.2, 0.25) is 0 Å². The molecule has 6 nitrogen and oxygen atoms in total. The van der Waals surface area contributed by atoms with E-state index >= 15 is 0 Å². The molecule has 3 aromatic heterocycles. The Kier molecular flexibility index (Phi) is 4.46. The van der Waals surface area contributed by atoms with E-state index in [4.69, 9.17) is 4.42 Å². The maximum Gasteiger partial charge on any atom is 0.237 e. The van der Waals surface area contributed by atoms with Crippen molar-refractivity contribution in [2.45, 2.75) is 32.0 Å². The molecule has 0 aromatic carbocycles. The van der Waals surface area contributed by atoms with Gasteiger partial charge in [0, 0.05) is 24.5 Å². The second-order valence-corrected chi connectivity index (χ2v) is 6.56. The predicted molar refractivity (Wildman–Crippen MR) is 96.1 cm³/mol. The number of nitriles is 1. The lowest BCUT2D eigenvalue weighted by atomic mass is 10.1. The molecule has 6 heteroatoms. The van der Waals surface area contributed by atoms with Crippen LogP contribution in [0.15, 0.2) is 53.4 Å². The number of fused-ring (bicyclic) bond motifs is 1. The van der Waals surface area contributed by atoms with Gasteiger partial charge in [-0.25, -0.2) is 0 Å². The van der Waals surface area contributed by atoms with E-state index < -0.39 is 0 Å². The third-order valence-electron chi connectivity index (χ3n) is 4.93. The van der Waals surface area contributed by atoms with E-state index in [1.807, 2.05) is 47.1 Å². The van der Waals surface area contributed by atoms with Crippen LogP contribution < -0.4 is 5.32 Å². The van der Waals surface area contributed by atoms with Gasteiger partial charge in [0.2, 0.25) is 5.91 Å². The highest BCUT2D eigenvalue weighted by Gasteiger charge is 2.31. The molecule has 4 heterocycles. The zero-order valence-corrected chi connectivity index (χ0v) is 14.4. The van der Waals surface area contributed by atoms with Crippen molar-refractivity contribution in [1.82, 2.24) is 14.6 Å². The van der Waals surface area contributed by atoms with Gasteiger partial charge in [-0.15, -0.1) is 0 Å². The molecule has 4 rings (SSSR count). The van der Waals surface area contributed by atoms with Crippen molar-refractivity contribution in [1.29, 1.82) is 5.26 Å². The fourth-order valence-corrected chi connectivity index (χ4v) is 3.66. The summed E-state index contributed by atoms with van der Waals surface area (Å²) in [7, 11) is 0. The zero-order valence-electron chi connectivity index (χ0n) is 14.4. The molecule has 1 atom stereocenters. The summed E-state index contributed by atoms with van der Waals surface area (Å²) in [5.74, 6) is 0.759. The molecule has 0 radical (unpaired) electrons. The predicted octanol–water partition coefficient (Wildman–Crippen LogP) is 2.68. The first-order valence-electron chi connectivity index (χ1n) is 8.79. The van der Waals surface area contributed by atoms with Crippen molar-refractivity contribution in [3.63, 3.8) is 0 Å². The van der Waals surface area contributed by atoms with Crippen LogP contribution in [0.1, 0.15) is 29.7 Å². The Labute approximate surface area is 151 Å². The van der Waals surface area contributed by atoms with Crippen LogP contribution in [0.3, 0.4) is 0 Å². The smallest absolute Gasteiger partial charge is 0.237 e. The molecule has 1 amide bonds. The Morgan fingerprint density at radius 2 is 2.27 bits per heavy atom. The molecule has 0 bridgehead atoms. The zero-order chi connectivity index (χ0) is 17.9. The Bertz CT molecular complexity index is 952. The van der Waals surface area contributed by atoms with Crippen LogP contribution in [0.4, 0.5) is 0 Å². The van der Waals surface area contributed by atoms with E-state index in [-0.39, 0.29) is 11.9 Å². The van der Waals surface area contributed by atoms with Gasteiger partial charge in [0.05, 0.1) is 29.9 Å². The number of carbonyl (C=O) groups is 1. The fourth-order valence-electron chi connectivity index (χ4n) is 3.66. The van der Waals surface area contributed by atoms with Crippen molar-refractivity contribution in [2.75, 3.05) is 6.54 Å². The van der Waals surface area contributed by atoms with Gasteiger partial charge in [-0.05, 0) is 43.7 Å². The van der Waals surface area contributed by atoms with E-state index in [0.29, 0.717) is 18.7 Å². The van der Waals surface area contributed by atoms with Crippen LogP contribution in [-0.4, -0.2) is 27.8 Å². The number of amides is 1. The SMILES string of the molecule is N#Cc1c(CN2CCC[C@@H]2C(=O)NCc2ccco2)cn2ccccc12. The van der Waals surface area contributed by atoms with Gasteiger partial charge in [-0.1, -0.05) is 6.07 Å². The molecule has 0 unspecified atom stereocenters. The van der Waals surface area contributed by atoms with Gasteiger partial charge in [-0.2, -0.15) is 5.26 Å². The van der Waals surface area contributed by atoms with Crippen LogP contribution in [0.5, 0.6) is 0 Å². The lowest BCUT2D eigenvalue weighted by Crippen LogP contribution is -2.42. The first-order valence-corrected chi connectivity index (χ1v) is 8.79. The first kappa shape index (κ1) is 16.4. The maximum absolute atomic E-state index is 12.6. The van der Waals surface area contributed by atoms with Crippen LogP contribution in [-0.2, 0) is 17.9 Å². The average molecular weight is 348 g/mol. The molecule has 132 valence electrons. The monoisotopic (exact) mass is 348 g/mol. The van der Waals surface area contributed by atoms with E-state index in [1.165, 1.54) is 0 Å². The van der Waals surface area contributed by atoms with Gasteiger partial charge < -0.3 is 14.1 Å². The second kappa shape index (κ2) is 7.06. The van der Waals surface area contributed by atoms with Crippen LogP contribution in [0, 0.1) is 11.3 Å². The van der Waals surface area contributed by atoms with Crippen molar-refractivity contribution in [3.8, 4) is 6.07 Å². The minimum absolute atomic E-state index is 0.0150. The summed E-state index contributed by atoms with van der Waals surface area (Å²) in [4.78, 5) is 14.8.